The predicted molar refractivity (Wildman–Crippen MR) is 131 cm³/mol. The van der Waals surface area contributed by atoms with Gasteiger partial charge in [0.05, 0.1) is 19.7 Å². The summed E-state index contributed by atoms with van der Waals surface area (Å²) in [6, 6.07) is 11.6. The van der Waals surface area contributed by atoms with Crippen LogP contribution in [0.3, 0.4) is 0 Å². The summed E-state index contributed by atoms with van der Waals surface area (Å²) in [6.07, 6.45) is 3.51. The van der Waals surface area contributed by atoms with Gasteiger partial charge in [0.1, 0.15) is 29.2 Å². The predicted octanol–water partition coefficient (Wildman–Crippen LogP) is 6.53. The van der Waals surface area contributed by atoms with E-state index in [4.69, 9.17) is 9.47 Å². The Morgan fingerprint density at radius 1 is 1.06 bits per heavy atom. The van der Waals surface area contributed by atoms with Gasteiger partial charge in [-0.1, -0.05) is 0 Å². The number of hydrogen-bond acceptors (Lipinski definition) is 5. The molecule has 4 aromatic rings. The van der Waals surface area contributed by atoms with Crippen LogP contribution in [0.1, 0.15) is 27.5 Å². The van der Waals surface area contributed by atoms with Gasteiger partial charge in [-0.25, -0.2) is 8.78 Å². The van der Waals surface area contributed by atoms with Crippen molar-refractivity contribution in [2.75, 3.05) is 25.8 Å². The number of H-pyrrole nitrogens is 1. The van der Waals surface area contributed by atoms with Crippen molar-refractivity contribution in [3.05, 3.63) is 83.1 Å². The highest BCUT2D eigenvalue weighted by molar-refractivity contribution is 7.98. The SMILES string of the molecule is COc1cc(NC(C(=O)c2c[nH]c3c(C)c(F)ccc23)c2ccc(F)cc2OC)cc(SC)c1. The number of fused-ring (bicyclic) bond motifs is 1. The third-order valence-corrected chi connectivity index (χ3v) is 6.45. The standard InChI is InChI=1S/C26H24F2N2O3S/c1-14-22(28)8-7-19-21(13-29-24(14)19)26(31)25(20-6-5-15(27)9-23(20)33-3)30-16-10-17(32-2)12-18(11-16)34-4/h5-13,25,29-30H,1-4H3. The minimum atomic E-state index is -0.915. The average Bonchev–Trinajstić information content (AvgIpc) is 3.29. The highest BCUT2D eigenvalue weighted by atomic mass is 32.2. The first kappa shape index (κ1) is 23.6. The Morgan fingerprint density at radius 3 is 2.56 bits per heavy atom. The highest BCUT2D eigenvalue weighted by Gasteiger charge is 2.28. The van der Waals surface area contributed by atoms with Crippen LogP contribution in [0.2, 0.25) is 0 Å². The maximum Gasteiger partial charge on any atom is 0.191 e. The zero-order chi connectivity index (χ0) is 24.4. The Hall–Kier alpha value is -3.52. The topological polar surface area (TPSA) is 63.3 Å². The first-order chi connectivity index (χ1) is 16.4. The summed E-state index contributed by atoms with van der Waals surface area (Å²) in [5.74, 6) is -0.248. The maximum absolute atomic E-state index is 14.1. The lowest BCUT2D eigenvalue weighted by Crippen LogP contribution is -2.22. The second-order valence-corrected chi connectivity index (χ2v) is 8.61. The lowest BCUT2D eigenvalue weighted by atomic mass is 9.95. The number of halogens is 2. The zero-order valence-electron chi connectivity index (χ0n) is 19.2. The number of rotatable bonds is 8. The molecule has 0 amide bonds. The van der Waals surface area contributed by atoms with Gasteiger partial charge in [0, 0.05) is 51.0 Å². The summed E-state index contributed by atoms with van der Waals surface area (Å²) in [7, 11) is 3.00. The van der Waals surface area contributed by atoms with Crippen molar-refractivity contribution in [1.29, 1.82) is 0 Å². The summed E-state index contributed by atoms with van der Waals surface area (Å²) >= 11 is 1.54. The molecule has 0 radical (unpaired) electrons. The molecule has 1 atom stereocenters. The third kappa shape index (κ3) is 4.46. The molecule has 4 rings (SSSR count). The number of nitrogens with one attached hydrogen (secondary N) is 2. The number of methoxy groups -OCH3 is 2. The Morgan fingerprint density at radius 2 is 1.85 bits per heavy atom. The summed E-state index contributed by atoms with van der Waals surface area (Å²) in [6.45, 7) is 1.65. The lowest BCUT2D eigenvalue weighted by Gasteiger charge is -2.22. The van der Waals surface area contributed by atoms with Crippen molar-refractivity contribution in [3.8, 4) is 11.5 Å². The van der Waals surface area contributed by atoms with Crippen LogP contribution < -0.4 is 14.8 Å². The third-order valence-electron chi connectivity index (χ3n) is 5.75. The van der Waals surface area contributed by atoms with Crippen LogP contribution in [0.4, 0.5) is 14.5 Å². The Kier molecular flexibility index (Phi) is 6.79. The van der Waals surface area contributed by atoms with E-state index in [9.17, 15) is 13.6 Å². The van der Waals surface area contributed by atoms with E-state index in [0.29, 0.717) is 39.0 Å². The summed E-state index contributed by atoms with van der Waals surface area (Å²) in [4.78, 5) is 17.9. The molecule has 0 fully saturated rings. The van der Waals surface area contributed by atoms with Crippen molar-refractivity contribution >= 4 is 34.1 Å². The molecule has 1 unspecified atom stereocenters. The van der Waals surface area contributed by atoms with E-state index in [2.05, 4.69) is 10.3 Å². The van der Waals surface area contributed by atoms with Crippen LogP contribution >= 0.6 is 11.8 Å². The van der Waals surface area contributed by atoms with E-state index >= 15 is 0 Å². The number of carbonyl (C=O) groups excluding carboxylic acids is 1. The molecule has 0 aliphatic carbocycles. The normalized spacial score (nSPS) is 11.9. The van der Waals surface area contributed by atoms with E-state index in [1.807, 2.05) is 18.4 Å². The highest BCUT2D eigenvalue weighted by Crippen LogP contribution is 2.35. The van der Waals surface area contributed by atoms with Crippen LogP contribution in [0.15, 0.2) is 59.6 Å². The van der Waals surface area contributed by atoms with E-state index in [-0.39, 0.29) is 17.3 Å². The molecule has 3 aromatic carbocycles. The van der Waals surface area contributed by atoms with Gasteiger partial charge in [-0.3, -0.25) is 4.79 Å². The minimum absolute atomic E-state index is 0.237. The molecule has 0 aliphatic rings. The number of aromatic amines is 1. The van der Waals surface area contributed by atoms with Crippen molar-refractivity contribution in [2.24, 2.45) is 0 Å². The molecule has 8 heteroatoms. The Labute approximate surface area is 200 Å². The van der Waals surface area contributed by atoms with Crippen LogP contribution in [0, 0.1) is 18.6 Å². The first-order valence-electron chi connectivity index (χ1n) is 10.5. The Bertz CT molecular complexity index is 1350. The van der Waals surface area contributed by atoms with Gasteiger partial charge in [-0.05, 0) is 49.6 Å². The summed E-state index contributed by atoms with van der Waals surface area (Å²) in [5.41, 5.74) is 2.48. The Balaban J connectivity index is 1.85. The van der Waals surface area contributed by atoms with Crippen molar-refractivity contribution < 1.29 is 23.0 Å². The molecule has 0 saturated carbocycles. The van der Waals surface area contributed by atoms with E-state index in [1.54, 1.807) is 32.4 Å². The van der Waals surface area contributed by atoms with Crippen LogP contribution in [-0.4, -0.2) is 31.2 Å². The van der Waals surface area contributed by atoms with Gasteiger partial charge < -0.3 is 19.8 Å². The number of aromatic nitrogens is 1. The molecular weight excluding hydrogens is 458 g/mol. The molecule has 0 spiro atoms. The van der Waals surface area contributed by atoms with Crippen LogP contribution in [0.25, 0.3) is 10.9 Å². The van der Waals surface area contributed by atoms with E-state index < -0.39 is 11.9 Å². The maximum atomic E-state index is 14.1. The molecule has 5 nitrogen and oxygen atoms in total. The molecule has 0 bridgehead atoms. The minimum Gasteiger partial charge on any atom is -0.497 e. The van der Waals surface area contributed by atoms with Gasteiger partial charge in [0.15, 0.2) is 5.78 Å². The van der Waals surface area contributed by atoms with E-state index in [1.165, 1.54) is 43.1 Å². The van der Waals surface area contributed by atoms with Gasteiger partial charge in [0.25, 0.3) is 0 Å². The monoisotopic (exact) mass is 482 g/mol. The molecule has 0 aliphatic heterocycles. The second kappa shape index (κ2) is 9.77. The molecule has 34 heavy (non-hydrogen) atoms. The summed E-state index contributed by atoms with van der Waals surface area (Å²) < 4.78 is 38.8. The number of aryl methyl sites for hydroxylation is 1. The largest absolute Gasteiger partial charge is 0.497 e. The molecule has 1 aromatic heterocycles. The first-order valence-corrected chi connectivity index (χ1v) is 11.7. The number of carbonyl (C=O) groups is 1. The fourth-order valence-corrected chi connectivity index (χ4v) is 4.42. The second-order valence-electron chi connectivity index (χ2n) is 7.73. The number of ketones is 1. The quantitative estimate of drug-likeness (QED) is 0.221. The molecule has 1 heterocycles. The van der Waals surface area contributed by atoms with Crippen molar-refractivity contribution in [1.82, 2.24) is 4.98 Å². The van der Waals surface area contributed by atoms with Gasteiger partial charge in [-0.2, -0.15) is 0 Å². The number of hydrogen-bond donors (Lipinski definition) is 2. The van der Waals surface area contributed by atoms with Gasteiger partial charge >= 0.3 is 0 Å². The fraction of sp³-hybridized carbons (Fsp3) is 0.192. The average molecular weight is 483 g/mol. The molecular formula is C26H24F2N2O3S. The smallest absolute Gasteiger partial charge is 0.191 e. The van der Waals surface area contributed by atoms with Crippen LogP contribution in [0.5, 0.6) is 11.5 Å². The molecule has 176 valence electrons. The van der Waals surface area contributed by atoms with Crippen molar-refractivity contribution in [2.45, 2.75) is 17.9 Å². The summed E-state index contributed by atoms with van der Waals surface area (Å²) in [5, 5.41) is 3.89. The van der Waals surface area contributed by atoms with Gasteiger partial charge in [-0.15, -0.1) is 11.8 Å². The number of thioether (sulfide) groups is 1. The zero-order valence-corrected chi connectivity index (χ0v) is 20.0. The molecule has 0 saturated heterocycles. The number of benzene rings is 3. The van der Waals surface area contributed by atoms with Crippen molar-refractivity contribution in [3.63, 3.8) is 0 Å². The van der Waals surface area contributed by atoms with Gasteiger partial charge in [0.2, 0.25) is 0 Å². The number of anilines is 1. The number of Topliss-reactive ketones (excluding diaryl/α,β-unsaturated/α-hetero) is 1. The lowest BCUT2D eigenvalue weighted by molar-refractivity contribution is 0.0970. The van der Waals surface area contributed by atoms with E-state index in [0.717, 1.165) is 4.90 Å². The van der Waals surface area contributed by atoms with Crippen LogP contribution in [-0.2, 0) is 0 Å². The number of ether oxygens (including phenoxy) is 2. The molecule has 2 N–H and O–H groups in total. The fourth-order valence-electron chi connectivity index (χ4n) is 3.94.